The number of ether oxygens (including phenoxy) is 1. The first-order valence-electron chi connectivity index (χ1n) is 7.66. The number of halogens is 1. The molecule has 25 heavy (non-hydrogen) atoms. The molecule has 0 saturated heterocycles. The third kappa shape index (κ3) is 3.97. The van der Waals surface area contributed by atoms with Gasteiger partial charge in [0.15, 0.2) is 5.69 Å². The van der Waals surface area contributed by atoms with Gasteiger partial charge in [0.2, 0.25) is 0 Å². The summed E-state index contributed by atoms with van der Waals surface area (Å²) in [7, 11) is 1.54. The molecule has 3 rings (SSSR count). The van der Waals surface area contributed by atoms with Crippen LogP contribution in [0.3, 0.4) is 0 Å². The van der Waals surface area contributed by atoms with Crippen molar-refractivity contribution in [3.63, 3.8) is 0 Å². The molecule has 1 heterocycles. The van der Waals surface area contributed by atoms with Crippen LogP contribution in [0.15, 0.2) is 48.7 Å². The molecular weight excluding hydrogens is 340 g/mol. The molecule has 3 aromatic rings. The van der Waals surface area contributed by atoms with E-state index in [1.807, 2.05) is 37.3 Å². The largest absolute Gasteiger partial charge is 0.494 e. The monoisotopic (exact) mass is 356 g/mol. The summed E-state index contributed by atoms with van der Waals surface area (Å²) in [4.78, 5) is 12.4. The van der Waals surface area contributed by atoms with Crippen LogP contribution < -0.4 is 10.1 Å². The number of amides is 1. The van der Waals surface area contributed by atoms with Crippen LogP contribution >= 0.6 is 11.6 Å². The van der Waals surface area contributed by atoms with Crippen molar-refractivity contribution in [2.75, 3.05) is 12.4 Å². The Morgan fingerprint density at radius 3 is 2.76 bits per heavy atom. The van der Waals surface area contributed by atoms with E-state index in [0.717, 1.165) is 11.1 Å². The van der Waals surface area contributed by atoms with Gasteiger partial charge in [0.05, 0.1) is 25.5 Å². The summed E-state index contributed by atoms with van der Waals surface area (Å²) in [6.45, 7) is 2.40. The molecule has 0 unspecified atom stereocenters. The maximum atomic E-state index is 12.4. The highest BCUT2D eigenvalue weighted by Gasteiger charge is 2.15. The van der Waals surface area contributed by atoms with Crippen LogP contribution in [0.4, 0.5) is 5.69 Å². The Hall–Kier alpha value is -2.86. The van der Waals surface area contributed by atoms with Crippen molar-refractivity contribution in [2.24, 2.45) is 0 Å². The number of carbonyl (C=O) groups excluding carboxylic acids is 1. The van der Waals surface area contributed by atoms with Crippen molar-refractivity contribution in [1.29, 1.82) is 0 Å². The quantitative estimate of drug-likeness (QED) is 0.759. The summed E-state index contributed by atoms with van der Waals surface area (Å²) < 4.78 is 6.95. The second-order valence-corrected chi connectivity index (χ2v) is 5.98. The van der Waals surface area contributed by atoms with Gasteiger partial charge in [-0.3, -0.25) is 4.79 Å². The Bertz CT molecular complexity index is 893. The van der Waals surface area contributed by atoms with Crippen LogP contribution in [0, 0.1) is 6.92 Å². The van der Waals surface area contributed by atoms with E-state index in [4.69, 9.17) is 16.3 Å². The van der Waals surface area contributed by atoms with Gasteiger partial charge < -0.3 is 10.1 Å². The molecule has 2 aromatic carbocycles. The summed E-state index contributed by atoms with van der Waals surface area (Å²) in [6, 6.07) is 13.2. The van der Waals surface area contributed by atoms with E-state index in [0.29, 0.717) is 23.0 Å². The predicted octanol–water partition coefficient (Wildman–Crippen LogP) is 3.55. The van der Waals surface area contributed by atoms with Crippen molar-refractivity contribution in [1.82, 2.24) is 15.0 Å². The Morgan fingerprint density at radius 1 is 1.28 bits per heavy atom. The van der Waals surface area contributed by atoms with Crippen molar-refractivity contribution in [2.45, 2.75) is 13.5 Å². The molecule has 0 fully saturated rings. The Balaban J connectivity index is 1.77. The summed E-state index contributed by atoms with van der Waals surface area (Å²) >= 11 is 6.06. The lowest BCUT2D eigenvalue weighted by molar-refractivity contribution is 0.102. The predicted molar refractivity (Wildman–Crippen MR) is 96.3 cm³/mol. The standard InChI is InChI=1S/C18H17ClN4O2/c1-12-8-14(19)9-15(17(12)25-2)20-18(24)16-11-23(22-21-16)10-13-6-4-3-5-7-13/h3-9,11H,10H2,1-2H3,(H,20,24). The number of hydrogen-bond donors (Lipinski definition) is 1. The van der Waals surface area contributed by atoms with Crippen molar-refractivity contribution >= 4 is 23.2 Å². The van der Waals surface area contributed by atoms with E-state index in [9.17, 15) is 4.79 Å². The van der Waals surface area contributed by atoms with E-state index < -0.39 is 0 Å². The van der Waals surface area contributed by atoms with Crippen LogP contribution in [0.5, 0.6) is 5.75 Å². The molecule has 0 spiro atoms. The van der Waals surface area contributed by atoms with Gasteiger partial charge in [0.25, 0.3) is 5.91 Å². The first kappa shape index (κ1) is 17.0. The normalized spacial score (nSPS) is 10.5. The zero-order valence-electron chi connectivity index (χ0n) is 13.9. The molecule has 0 aliphatic heterocycles. The Labute approximate surface area is 150 Å². The van der Waals surface area contributed by atoms with Crippen molar-refractivity contribution < 1.29 is 9.53 Å². The number of methoxy groups -OCH3 is 1. The molecule has 0 radical (unpaired) electrons. The van der Waals surface area contributed by atoms with Crippen LogP contribution in [0.25, 0.3) is 0 Å². The number of nitrogens with one attached hydrogen (secondary N) is 1. The van der Waals surface area contributed by atoms with Gasteiger partial charge in [-0.15, -0.1) is 5.10 Å². The van der Waals surface area contributed by atoms with Crippen molar-refractivity contribution in [3.8, 4) is 5.75 Å². The maximum absolute atomic E-state index is 12.4. The number of benzene rings is 2. The summed E-state index contributed by atoms with van der Waals surface area (Å²) in [5, 5.41) is 11.2. The van der Waals surface area contributed by atoms with Gasteiger partial charge in [-0.25, -0.2) is 4.68 Å². The van der Waals surface area contributed by atoms with E-state index in [2.05, 4.69) is 15.6 Å². The lowest BCUT2D eigenvalue weighted by Crippen LogP contribution is -2.13. The number of carbonyl (C=O) groups is 1. The summed E-state index contributed by atoms with van der Waals surface area (Å²) in [5.41, 5.74) is 2.62. The zero-order valence-corrected chi connectivity index (χ0v) is 14.6. The average Bonchev–Trinajstić information content (AvgIpc) is 3.04. The second kappa shape index (κ2) is 7.36. The molecule has 0 atom stereocenters. The second-order valence-electron chi connectivity index (χ2n) is 5.54. The minimum absolute atomic E-state index is 0.218. The fraction of sp³-hybridized carbons (Fsp3) is 0.167. The molecule has 0 bridgehead atoms. The van der Waals surface area contributed by atoms with Gasteiger partial charge >= 0.3 is 0 Å². The number of aromatic nitrogens is 3. The van der Waals surface area contributed by atoms with E-state index >= 15 is 0 Å². The molecule has 0 saturated carbocycles. The number of nitrogens with zero attached hydrogens (tertiary/aromatic N) is 3. The topological polar surface area (TPSA) is 69.0 Å². The number of aryl methyl sites for hydroxylation is 1. The molecule has 7 heteroatoms. The zero-order chi connectivity index (χ0) is 17.8. The first-order chi connectivity index (χ1) is 12.1. The molecule has 0 aliphatic carbocycles. The highest BCUT2D eigenvalue weighted by atomic mass is 35.5. The lowest BCUT2D eigenvalue weighted by Gasteiger charge is -2.12. The van der Waals surface area contributed by atoms with E-state index in [-0.39, 0.29) is 11.6 Å². The highest BCUT2D eigenvalue weighted by molar-refractivity contribution is 6.31. The Kier molecular flexibility index (Phi) is 5.00. The minimum Gasteiger partial charge on any atom is -0.494 e. The molecule has 1 amide bonds. The minimum atomic E-state index is -0.376. The molecule has 0 aliphatic rings. The molecule has 128 valence electrons. The summed E-state index contributed by atoms with van der Waals surface area (Å²) in [5.74, 6) is 0.189. The van der Waals surface area contributed by atoms with Crippen LogP contribution in [0.1, 0.15) is 21.6 Å². The number of hydrogen-bond acceptors (Lipinski definition) is 4. The van der Waals surface area contributed by atoms with Gasteiger partial charge in [-0.2, -0.15) is 0 Å². The molecule has 6 nitrogen and oxygen atoms in total. The van der Waals surface area contributed by atoms with Gasteiger partial charge in [-0.05, 0) is 30.2 Å². The first-order valence-corrected chi connectivity index (χ1v) is 8.04. The van der Waals surface area contributed by atoms with Crippen molar-refractivity contribution in [3.05, 3.63) is 70.5 Å². The van der Waals surface area contributed by atoms with E-state index in [1.165, 1.54) is 0 Å². The highest BCUT2D eigenvalue weighted by Crippen LogP contribution is 2.32. The van der Waals surface area contributed by atoms with E-state index in [1.54, 1.807) is 30.1 Å². The summed E-state index contributed by atoms with van der Waals surface area (Å²) in [6.07, 6.45) is 1.60. The SMILES string of the molecule is COc1c(C)cc(Cl)cc1NC(=O)c1cn(Cc2ccccc2)nn1. The third-order valence-corrected chi connectivity index (χ3v) is 3.87. The number of rotatable bonds is 5. The fourth-order valence-corrected chi connectivity index (χ4v) is 2.80. The number of anilines is 1. The average molecular weight is 357 g/mol. The van der Waals surface area contributed by atoms with Crippen LogP contribution in [0.2, 0.25) is 5.02 Å². The van der Waals surface area contributed by atoms with Gasteiger partial charge in [-0.1, -0.05) is 47.1 Å². The molecular formula is C18H17ClN4O2. The lowest BCUT2D eigenvalue weighted by atomic mass is 10.2. The van der Waals surface area contributed by atoms with Crippen LogP contribution in [-0.4, -0.2) is 28.0 Å². The maximum Gasteiger partial charge on any atom is 0.277 e. The van der Waals surface area contributed by atoms with Gasteiger partial charge in [0, 0.05) is 5.02 Å². The third-order valence-electron chi connectivity index (χ3n) is 3.65. The molecule has 1 aromatic heterocycles. The molecule has 1 N–H and O–H groups in total. The fourth-order valence-electron chi connectivity index (χ4n) is 2.53. The smallest absolute Gasteiger partial charge is 0.277 e. The van der Waals surface area contributed by atoms with Crippen LogP contribution in [-0.2, 0) is 6.54 Å². The Morgan fingerprint density at radius 2 is 2.04 bits per heavy atom. The van der Waals surface area contributed by atoms with Gasteiger partial charge in [0.1, 0.15) is 5.75 Å².